The first-order valence-electron chi connectivity index (χ1n) is 13.2. The van der Waals surface area contributed by atoms with E-state index in [9.17, 15) is 18.0 Å². The van der Waals surface area contributed by atoms with Gasteiger partial charge in [0.2, 0.25) is 16.8 Å². The van der Waals surface area contributed by atoms with E-state index in [1.54, 1.807) is 60.7 Å². The first kappa shape index (κ1) is 28.8. The third kappa shape index (κ3) is 6.75. The van der Waals surface area contributed by atoms with Gasteiger partial charge < -0.3 is 20.1 Å². The fourth-order valence-electron chi connectivity index (χ4n) is 4.61. The highest BCUT2D eigenvalue weighted by Crippen LogP contribution is 2.35. The molecule has 0 spiro atoms. The minimum Gasteiger partial charge on any atom is -0.497 e. The van der Waals surface area contributed by atoms with Crippen LogP contribution in [0.5, 0.6) is 11.5 Å². The molecule has 3 aromatic carbocycles. The topological polar surface area (TPSA) is 143 Å². The summed E-state index contributed by atoms with van der Waals surface area (Å²) in [6, 6.07) is 18.7. The average molecular weight is 591 g/mol. The smallest absolute Gasteiger partial charge is 0.238 e. The lowest BCUT2D eigenvalue weighted by molar-refractivity contribution is -0.124. The minimum atomic E-state index is -3.24. The lowest BCUT2D eigenvalue weighted by Crippen LogP contribution is -2.39. The van der Waals surface area contributed by atoms with Gasteiger partial charge in [-0.15, -0.1) is 0 Å². The molecule has 12 nitrogen and oxygen atoms in total. The van der Waals surface area contributed by atoms with E-state index in [2.05, 4.69) is 20.6 Å². The Morgan fingerprint density at radius 1 is 0.905 bits per heavy atom. The Balaban J connectivity index is 1.49. The van der Waals surface area contributed by atoms with E-state index in [1.807, 2.05) is 11.0 Å². The molecule has 0 saturated carbocycles. The predicted octanol–water partition coefficient (Wildman–Crippen LogP) is 3.66. The van der Waals surface area contributed by atoms with Crippen LogP contribution in [-0.2, 0) is 20.5 Å². The molecule has 1 saturated heterocycles. The van der Waals surface area contributed by atoms with Crippen molar-refractivity contribution >= 4 is 62.3 Å². The number of nitrogens with zero attached hydrogens (tertiary/aromatic N) is 4. The molecule has 0 unspecified atom stereocenters. The summed E-state index contributed by atoms with van der Waals surface area (Å²) in [7, 11) is -0.182. The van der Waals surface area contributed by atoms with Crippen LogP contribution in [0.25, 0.3) is 11.0 Å². The Labute approximate surface area is 244 Å². The normalized spacial score (nSPS) is 13.6. The van der Waals surface area contributed by atoms with Crippen molar-refractivity contribution in [2.45, 2.75) is 12.8 Å². The number of aromatic nitrogens is 2. The van der Waals surface area contributed by atoms with Crippen molar-refractivity contribution in [3.8, 4) is 11.5 Å². The number of hydrogen-bond donors (Lipinski definition) is 3. The van der Waals surface area contributed by atoms with Gasteiger partial charge in [-0.1, -0.05) is 18.2 Å². The van der Waals surface area contributed by atoms with Crippen molar-refractivity contribution in [3.63, 3.8) is 0 Å². The molecule has 0 bridgehead atoms. The van der Waals surface area contributed by atoms with Gasteiger partial charge in [0.1, 0.15) is 17.3 Å². The number of fused-ring (bicyclic) bond motifs is 1. The zero-order valence-corrected chi connectivity index (χ0v) is 24.0. The molecule has 1 fully saturated rings. The second-order valence-corrected chi connectivity index (χ2v) is 10.4. The molecule has 2 heterocycles. The number of rotatable bonds is 10. The number of ketones is 1. The monoisotopic (exact) mass is 590 g/mol. The second-order valence-electron chi connectivity index (χ2n) is 9.57. The van der Waals surface area contributed by atoms with Gasteiger partial charge in [0.05, 0.1) is 37.5 Å². The van der Waals surface area contributed by atoms with Crippen LogP contribution in [0.1, 0.15) is 12.8 Å². The van der Waals surface area contributed by atoms with Crippen LogP contribution in [0.15, 0.2) is 66.7 Å². The van der Waals surface area contributed by atoms with Gasteiger partial charge in [0.25, 0.3) is 0 Å². The van der Waals surface area contributed by atoms with Crippen LogP contribution in [0.4, 0.5) is 28.7 Å². The Morgan fingerprint density at radius 2 is 1.57 bits per heavy atom. The molecule has 5 rings (SSSR count). The molecule has 1 aliphatic heterocycles. The van der Waals surface area contributed by atoms with Crippen LogP contribution in [0.2, 0.25) is 0 Å². The van der Waals surface area contributed by atoms with Gasteiger partial charge in [-0.05, 0) is 30.3 Å². The molecule has 1 amide bonds. The van der Waals surface area contributed by atoms with Crippen molar-refractivity contribution in [1.82, 2.24) is 14.9 Å². The van der Waals surface area contributed by atoms with Crippen molar-refractivity contribution in [2.24, 2.45) is 0 Å². The summed E-state index contributed by atoms with van der Waals surface area (Å²) in [5.41, 5.74) is 2.25. The SMILES string of the molecule is COc1cc(Nc2nc3ccccc3nc2N(c2cccc(NC(=O)CN3CCC(=O)CC3)c2)[SH](=O)=O)cc(OC)c1. The van der Waals surface area contributed by atoms with Gasteiger partial charge in [-0.25, -0.2) is 22.7 Å². The molecular weight excluding hydrogens is 560 g/mol. The summed E-state index contributed by atoms with van der Waals surface area (Å²) in [6.45, 7) is 1.20. The van der Waals surface area contributed by atoms with Crippen LogP contribution < -0.4 is 24.4 Å². The summed E-state index contributed by atoms with van der Waals surface area (Å²) in [6.07, 6.45) is 0.861. The number of Topliss-reactive ketones (excluding diaryl/α,β-unsaturated/α-hetero) is 1. The van der Waals surface area contributed by atoms with Crippen molar-refractivity contribution < 1.29 is 27.5 Å². The third-order valence-corrected chi connectivity index (χ3v) is 7.43. The van der Waals surface area contributed by atoms with Gasteiger partial charge >= 0.3 is 0 Å². The van der Waals surface area contributed by atoms with Gasteiger partial charge in [0.15, 0.2) is 11.6 Å². The highest BCUT2D eigenvalue weighted by molar-refractivity contribution is 7.74. The van der Waals surface area contributed by atoms with Crippen molar-refractivity contribution in [3.05, 3.63) is 66.7 Å². The number of anilines is 5. The first-order chi connectivity index (χ1) is 20.3. The molecule has 0 atom stereocenters. The molecule has 4 aromatic rings. The summed E-state index contributed by atoms with van der Waals surface area (Å²) in [5.74, 6) is 1.20. The molecule has 13 heteroatoms. The maximum absolute atomic E-state index is 12.8. The Bertz CT molecular complexity index is 1670. The maximum Gasteiger partial charge on any atom is 0.238 e. The lowest BCUT2D eigenvalue weighted by Gasteiger charge is -2.25. The predicted molar refractivity (Wildman–Crippen MR) is 161 cm³/mol. The first-order valence-corrected chi connectivity index (χ1v) is 14.3. The zero-order valence-electron chi connectivity index (χ0n) is 23.1. The Hall–Kier alpha value is -4.75. The molecule has 0 radical (unpaired) electrons. The molecule has 42 heavy (non-hydrogen) atoms. The highest BCUT2D eigenvalue weighted by Gasteiger charge is 2.22. The standard InChI is InChI=1S/C29H30N6O6S/c1-40-23-15-20(16-24(17-23)41-2)31-28-29(33-26-9-4-3-8-25(26)32-28)35(42(38)39)21-7-5-6-19(14-21)30-27(37)18-34-12-10-22(36)11-13-34/h3-9,14-17,42H,10-13,18H2,1-2H3,(H,30,37)(H,31,32). The fourth-order valence-corrected chi connectivity index (χ4v) is 5.22. The number of amides is 1. The Kier molecular flexibility index (Phi) is 8.79. The fraction of sp³-hybridized carbons (Fsp3) is 0.241. The zero-order chi connectivity index (χ0) is 29.6. The number of nitrogens with one attached hydrogen (secondary N) is 2. The van der Waals surface area contributed by atoms with Gasteiger partial charge in [-0.2, -0.15) is 0 Å². The summed E-state index contributed by atoms with van der Waals surface area (Å²) >= 11 is 0. The number of likely N-dealkylation sites (tertiary alicyclic amines) is 1. The van der Waals surface area contributed by atoms with Crippen LogP contribution in [0, 0.1) is 0 Å². The number of methoxy groups -OCH3 is 2. The van der Waals surface area contributed by atoms with Crippen molar-refractivity contribution in [2.75, 3.05) is 48.8 Å². The van der Waals surface area contributed by atoms with E-state index in [0.29, 0.717) is 59.8 Å². The van der Waals surface area contributed by atoms with Gasteiger partial charge in [0, 0.05) is 55.5 Å². The Morgan fingerprint density at radius 3 is 2.21 bits per heavy atom. The average Bonchev–Trinajstić information content (AvgIpc) is 2.98. The number of ether oxygens (including phenoxy) is 2. The lowest BCUT2D eigenvalue weighted by atomic mass is 10.1. The van der Waals surface area contributed by atoms with E-state index < -0.39 is 10.9 Å². The number of hydrogen-bond acceptors (Lipinski definition) is 10. The van der Waals surface area contributed by atoms with Crippen LogP contribution >= 0.6 is 0 Å². The number of carbonyl (C=O) groups excluding carboxylic acids is 2. The number of para-hydroxylation sites is 2. The molecule has 1 aromatic heterocycles. The molecule has 2 N–H and O–H groups in total. The largest absolute Gasteiger partial charge is 0.497 e. The van der Waals surface area contributed by atoms with Crippen molar-refractivity contribution in [1.29, 1.82) is 0 Å². The summed E-state index contributed by atoms with van der Waals surface area (Å²) < 4.78 is 37.3. The maximum atomic E-state index is 12.8. The van der Waals surface area contributed by atoms with Crippen LogP contribution in [-0.4, -0.2) is 68.8 Å². The van der Waals surface area contributed by atoms with E-state index in [4.69, 9.17) is 9.47 Å². The van der Waals surface area contributed by atoms with Crippen LogP contribution in [0.3, 0.4) is 0 Å². The molecule has 218 valence electrons. The highest BCUT2D eigenvalue weighted by atomic mass is 32.2. The second kappa shape index (κ2) is 12.8. The number of thiol groups is 1. The van der Waals surface area contributed by atoms with E-state index in [0.717, 1.165) is 4.31 Å². The van der Waals surface area contributed by atoms with E-state index >= 15 is 0 Å². The summed E-state index contributed by atoms with van der Waals surface area (Å²) in [4.78, 5) is 35.5. The minimum absolute atomic E-state index is 0.0352. The van der Waals surface area contributed by atoms with E-state index in [-0.39, 0.29) is 35.6 Å². The number of benzene rings is 3. The summed E-state index contributed by atoms with van der Waals surface area (Å²) in [5, 5.41) is 6.00. The molecule has 0 aliphatic carbocycles. The van der Waals surface area contributed by atoms with E-state index in [1.165, 1.54) is 14.2 Å². The quantitative estimate of drug-likeness (QED) is 0.234. The number of carbonyl (C=O) groups is 2. The third-order valence-electron chi connectivity index (χ3n) is 6.69. The van der Waals surface area contributed by atoms with Gasteiger partial charge in [-0.3, -0.25) is 14.5 Å². The molecular formula is C29H30N6O6S. The molecule has 1 aliphatic rings. The number of piperidine rings is 1.